The fraction of sp³-hybridized carbons (Fsp3) is 0.179. The van der Waals surface area contributed by atoms with Gasteiger partial charge in [-0.1, -0.05) is 40.2 Å². The van der Waals surface area contributed by atoms with Gasteiger partial charge >= 0.3 is 6.03 Å². The van der Waals surface area contributed by atoms with Gasteiger partial charge in [0.05, 0.1) is 24.3 Å². The van der Waals surface area contributed by atoms with E-state index in [0.717, 1.165) is 4.90 Å². The molecule has 1 fully saturated rings. The SMILES string of the molecule is CCOc1cc(/C=C2/NC(=O)N(CC(=O)Nc3ccccc3OC)C2=O)c(Br)cc1OCc1cccc([N+](=O)[O-])c1. The monoisotopic (exact) mass is 624 g/mol. The van der Waals surface area contributed by atoms with Crippen molar-refractivity contribution >= 4 is 51.2 Å². The molecule has 0 atom stereocenters. The van der Waals surface area contributed by atoms with E-state index in [1.54, 1.807) is 55.5 Å². The van der Waals surface area contributed by atoms with Crippen molar-refractivity contribution in [1.29, 1.82) is 0 Å². The number of nitrogens with one attached hydrogen (secondary N) is 2. The summed E-state index contributed by atoms with van der Waals surface area (Å²) in [5.74, 6) is -0.0990. The van der Waals surface area contributed by atoms with Crippen LogP contribution in [-0.2, 0) is 16.2 Å². The van der Waals surface area contributed by atoms with Gasteiger partial charge in [0.2, 0.25) is 5.91 Å². The molecule has 1 aliphatic rings. The molecule has 0 saturated carbocycles. The molecule has 3 aromatic rings. The molecule has 3 aromatic carbocycles. The number of nitro groups is 1. The summed E-state index contributed by atoms with van der Waals surface area (Å²) in [6.45, 7) is 1.65. The average molecular weight is 625 g/mol. The largest absolute Gasteiger partial charge is 0.495 e. The number of methoxy groups -OCH3 is 1. The first-order valence-corrected chi connectivity index (χ1v) is 13.1. The Labute approximate surface area is 243 Å². The van der Waals surface area contributed by atoms with Crippen molar-refractivity contribution < 1.29 is 33.5 Å². The number of anilines is 1. The van der Waals surface area contributed by atoms with Crippen LogP contribution in [-0.4, -0.2) is 47.9 Å². The van der Waals surface area contributed by atoms with Crippen LogP contribution in [0.3, 0.4) is 0 Å². The van der Waals surface area contributed by atoms with Crippen molar-refractivity contribution in [1.82, 2.24) is 10.2 Å². The van der Waals surface area contributed by atoms with Crippen LogP contribution in [0, 0.1) is 10.1 Å². The normalized spacial score (nSPS) is 13.6. The molecule has 0 bridgehead atoms. The molecule has 2 N–H and O–H groups in total. The van der Waals surface area contributed by atoms with Crippen LogP contribution < -0.4 is 24.8 Å². The van der Waals surface area contributed by atoms with Crippen molar-refractivity contribution in [3.8, 4) is 17.2 Å². The molecule has 212 valence electrons. The molecule has 12 nitrogen and oxygen atoms in total. The van der Waals surface area contributed by atoms with E-state index in [-0.39, 0.29) is 18.0 Å². The molecule has 4 rings (SSSR count). The van der Waals surface area contributed by atoms with E-state index in [0.29, 0.717) is 45.1 Å². The molecule has 4 amide bonds. The summed E-state index contributed by atoms with van der Waals surface area (Å²) in [7, 11) is 1.46. The summed E-state index contributed by atoms with van der Waals surface area (Å²) in [5, 5.41) is 16.2. The topological polar surface area (TPSA) is 149 Å². The number of benzene rings is 3. The number of carbonyl (C=O) groups excluding carboxylic acids is 3. The van der Waals surface area contributed by atoms with Crippen LogP contribution in [0.5, 0.6) is 17.2 Å². The van der Waals surface area contributed by atoms with Crippen LogP contribution in [0.1, 0.15) is 18.1 Å². The van der Waals surface area contributed by atoms with E-state index in [2.05, 4.69) is 26.6 Å². The van der Waals surface area contributed by atoms with Crippen molar-refractivity contribution in [3.05, 3.63) is 92.1 Å². The molecule has 0 unspecified atom stereocenters. The lowest BCUT2D eigenvalue weighted by atomic mass is 10.1. The second-order valence-electron chi connectivity index (χ2n) is 8.60. The maximum atomic E-state index is 13.0. The molecule has 0 aromatic heterocycles. The summed E-state index contributed by atoms with van der Waals surface area (Å²) in [6.07, 6.45) is 1.45. The van der Waals surface area contributed by atoms with Crippen molar-refractivity contribution in [2.24, 2.45) is 0 Å². The first kappa shape index (κ1) is 29.1. The highest BCUT2D eigenvalue weighted by Gasteiger charge is 2.35. The first-order chi connectivity index (χ1) is 19.7. The van der Waals surface area contributed by atoms with Gasteiger partial charge in [0.1, 0.15) is 24.6 Å². The summed E-state index contributed by atoms with van der Waals surface area (Å²) < 4.78 is 17.3. The van der Waals surface area contributed by atoms with Crippen LogP contribution in [0.15, 0.2) is 70.8 Å². The zero-order valence-electron chi connectivity index (χ0n) is 22.0. The number of urea groups is 1. The number of nitrogens with zero attached hydrogens (tertiary/aromatic N) is 2. The fourth-order valence-electron chi connectivity index (χ4n) is 3.92. The van der Waals surface area contributed by atoms with Gasteiger partial charge in [-0.15, -0.1) is 0 Å². The smallest absolute Gasteiger partial charge is 0.329 e. The van der Waals surface area contributed by atoms with Gasteiger partial charge in [-0.25, -0.2) is 9.69 Å². The Bertz CT molecular complexity index is 1540. The maximum Gasteiger partial charge on any atom is 0.329 e. The van der Waals surface area contributed by atoms with Gasteiger partial charge in [-0.05, 0) is 48.4 Å². The summed E-state index contributed by atoms with van der Waals surface area (Å²) in [4.78, 5) is 49.5. The van der Waals surface area contributed by atoms with Gasteiger partial charge in [-0.2, -0.15) is 0 Å². The standard InChI is InChI=1S/C28H25BrN4O8/c1-3-40-24-13-18(20(29)14-25(24)41-16-17-7-6-8-19(11-17)33(37)38)12-22-27(35)32(28(36)31-22)15-26(34)30-21-9-4-5-10-23(21)39-2/h4-14H,3,15-16H2,1-2H3,(H,30,34)(H,31,36)/b22-12+. The number of nitro benzene ring substituents is 1. The molecule has 0 spiro atoms. The third-order valence-electron chi connectivity index (χ3n) is 5.82. The van der Waals surface area contributed by atoms with E-state index in [1.807, 2.05) is 0 Å². The molecule has 1 aliphatic heterocycles. The summed E-state index contributed by atoms with van der Waals surface area (Å²) >= 11 is 3.45. The van der Waals surface area contributed by atoms with Crippen molar-refractivity contribution in [2.75, 3.05) is 25.6 Å². The molecule has 41 heavy (non-hydrogen) atoms. The van der Waals surface area contributed by atoms with E-state index in [4.69, 9.17) is 14.2 Å². The molecule has 1 saturated heterocycles. The second kappa shape index (κ2) is 13.0. The minimum absolute atomic E-state index is 0.0338. The third kappa shape index (κ3) is 7.00. The predicted octanol–water partition coefficient (Wildman–Crippen LogP) is 4.88. The lowest BCUT2D eigenvalue weighted by Crippen LogP contribution is -2.38. The Morgan fingerprint density at radius 1 is 1.07 bits per heavy atom. The van der Waals surface area contributed by atoms with E-state index < -0.39 is 29.3 Å². The highest BCUT2D eigenvalue weighted by molar-refractivity contribution is 9.10. The van der Waals surface area contributed by atoms with Gasteiger partial charge in [0.15, 0.2) is 11.5 Å². The number of amides is 4. The van der Waals surface area contributed by atoms with E-state index >= 15 is 0 Å². The lowest BCUT2D eigenvalue weighted by Gasteiger charge is -2.14. The van der Waals surface area contributed by atoms with Crippen LogP contribution >= 0.6 is 15.9 Å². The quantitative estimate of drug-likeness (QED) is 0.133. The Morgan fingerprint density at radius 2 is 1.83 bits per heavy atom. The minimum atomic E-state index is -0.741. The molecule has 0 radical (unpaired) electrons. The predicted molar refractivity (Wildman–Crippen MR) is 153 cm³/mol. The Kier molecular flexibility index (Phi) is 9.19. The average Bonchev–Trinajstić information content (AvgIpc) is 3.21. The number of ether oxygens (including phenoxy) is 3. The summed E-state index contributed by atoms with van der Waals surface area (Å²) in [5.41, 5.74) is 1.42. The van der Waals surface area contributed by atoms with Crippen LogP contribution in [0.4, 0.5) is 16.2 Å². The van der Waals surface area contributed by atoms with Crippen molar-refractivity contribution in [2.45, 2.75) is 13.5 Å². The molecule has 1 heterocycles. The molecule has 13 heteroatoms. The Balaban J connectivity index is 1.49. The zero-order valence-corrected chi connectivity index (χ0v) is 23.6. The lowest BCUT2D eigenvalue weighted by molar-refractivity contribution is -0.384. The highest BCUT2D eigenvalue weighted by Crippen LogP contribution is 2.36. The number of para-hydroxylation sites is 2. The van der Waals surface area contributed by atoms with Crippen molar-refractivity contribution in [3.63, 3.8) is 0 Å². The number of hydrogen-bond donors (Lipinski definition) is 2. The Morgan fingerprint density at radius 3 is 2.56 bits per heavy atom. The van der Waals surface area contributed by atoms with Gasteiger partial charge in [0.25, 0.3) is 11.6 Å². The van der Waals surface area contributed by atoms with Crippen LogP contribution in [0.2, 0.25) is 0 Å². The Hall–Kier alpha value is -4.91. The van der Waals surface area contributed by atoms with Crippen LogP contribution in [0.25, 0.3) is 6.08 Å². The number of rotatable bonds is 11. The van der Waals surface area contributed by atoms with Gasteiger partial charge < -0.3 is 24.8 Å². The minimum Gasteiger partial charge on any atom is -0.495 e. The molecule has 0 aliphatic carbocycles. The highest BCUT2D eigenvalue weighted by atomic mass is 79.9. The molecular formula is C28H25BrN4O8. The maximum absolute atomic E-state index is 13.0. The van der Waals surface area contributed by atoms with E-state index in [1.165, 1.54) is 25.3 Å². The number of halogens is 1. The zero-order chi connectivity index (χ0) is 29.5. The van der Waals surface area contributed by atoms with Gasteiger partial charge in [0, 0.05) is 16.6 Å². The molecular weight excluding hydrogens is 600 g/mol. The van der Waals surface area contributed by atoms with E-state index in [9.17, 15) is 24.5 Å². The second-order valence-corrected chi connectivity index (χ2v) is 9.45. The number of non-ortho nitro benzene ring substituents is 1. The number of hydrogen-bond acceptors (Lipinski definition) is 8. The van der Waals surface area contributed by atoms with Gasteiger partial charge in [-0.3, -0.25) is 19.7 Å². The number of imide groups is 1. The fourth-order valence-corrected chi connectivity index (χ4v) is 4.35. The first-order valence-electron chi connectivity index (χ1n) is 12.3. The third-order valence-corrected chi connectivity index (χ3v) is 6.51. The number of carbonyl (C=O) groups is 3. The summed E-state index contributed by atoms with van der Waals surface area (Å²) in [6, 6.07) is 15.4.